The summed E-state index contributed by atoms with van der Waals surface area (Å²) in [7, 11) is 4.22. The summed E-state index contributed by atoms with van der Waals surface area (Å²) in [4.78, 5) is 25.5. The number of nitrogens with zero attached hydrogens (tertiary/aromatic N) is 5. The van der Waals surface area contributed by atoms with Gasteiger partial charge in [-0.1, -0.05) is 0 Å². The van der Waals surface area contributed by atoms with Gasteiger partial charge in [0.2, 0.25) is 0 Å². The molecule has 1 atom stereocenters. The van der Waals surface area contributed by atoms with Crippen molar-refractivity contribution in [3.05, 3.63) is 35.0 Å². The van der Waals surface area contributed by atoms with Crippen LogP contribution < -0.4 is 5.56 Å². The molecule has 3 rings (SSSR count). The maximum atomic E-state index is 12.4. The maximum absolute atomic E-state index is 12.4. The third kappa shape index (κ3) is 2.44. The van der Waals surface area contributed by atoms with Crippen molar-refractivity contribution in [1.29, 1.82) is 0 Å². The van der Waals surface area contributed by atoms with Crippen LogP contribution in [-0.4, -0.2) is 64.1 Å². The predicted octanol–water partition coefficient (Wildman–Crippen LogP) is 0.0373. The minimum atomic E-state index is -0.0581. The topological polar surface area (TPSA) is 54.3 Å². The molecule has 0 aromatic carbocycles. The molecular weight excluding hydrogens is 254 g/mol. The van der Waals surface area contributed by atoms with Crippen LogP contribution in [0.5, 0.6) is 0 Å². The SMILES string of the molecule is CN1CCN(C)[C@@H](Cn2cnc3cccnc3c2=O)C1. The molecule has 0 saturated carbocycles. The number of aromatic nitrogens is 3. The summed E-state index contributed by atoms with van der Waals surface area (Å²) < 4.78 is 1.68. The van der Waals surface area contributed by atoms with E-state index in [1.807, 2.05) is 6.07 Å². The highest BCUT2D eigenvalue weighted by molar-refractivity contribution is 5.71. The van der Waals surface area contributed by atoms with Gasteiger partial charge >= 0.3 is 0 Å². The van der Waals surface area contributed by atoms with E-state index < -0.39 is 0 Å². The molecule has 0 radical (unpaired) electrons. The lowest BCUT2D eigenvalue weighted by Gasteiger charge is -2.37. The van der Waals surface area contributed by atoms with Crippen LogP contribution >= 0.6 is 0 Å². The molecule has 6 heteroatoms. The van der Waals surface area contributed by atoms with Crippen molar-refractivity contribution < 1.29 is 0 Å². The van der Waals surface area contributed by atoms with E-state index in [0.717, 1.165) is 19.6 Å². The molecule has 1 fully saturated rings. The van der Waals surface area contributed by atoms with E-state index in [4.69, 9.17) is 0 Å². The molecule has 0 aliphatic carbocycles. The summed E-state index contributed by atoms with van der Waals surface area (Å²) in [5, 5.41) is 0. The van der Waals surface area contributed by atoms with Gasteiger partial charge in [-0.3, -0.25) is 14.3 Å². The minimum Gasteiger partial charge on any atom is -0.303 e. The molecule has 0 N–H and O–H groups in total. The van der Waals surface area contributed by atoms with Crippen molar-refractivity contribution in [3.63, 3.8) is 0 Å². The van der Waals surface area contributed by atoms with Gasteiger partial charge in [0, 0.05) is 38.4 Å². The normalized spacial score (nSPS) is 21.4. The van der Waals surface area contributed by atoms with E-state index in [1.165, 1.54) is 0 Å². The van der Waals surface area contributed by atoms with Crippen LogP contribution in [0.2, 0.25) is 0 Å². The molecule has 2 aromatic rings. The Morgan fingerprint density at radius 1 is 1.30 bits per heavy atom. The average molecular weight is 273 g/mol. The lowest BCUT2D eigenvalue weighted by atomic mass is 10.2. The fraction of sp³-hybridized carbons (Fsp3) is 0.500. The molecule has 0 unspecified atom stereocenters. The highest BCUT2D eigenvalue weighted by Crippen LogP contribution is 2.08. The Balaban J connectivity index is 1.91. The monoisotopic (exact) mass is 273 g/mol. The highest BCUT2D eigenvalue weighted by Gasteiger charge is 2.23. The molecule has 1 aliphatic heterocycles. The third-order valence-corrected chi connectivity index (χ3v) is 3.97. The van der Waals surface area contributed by atoms with Crippen molar-refractivity contribution in [2.75, 3.05) is 33.7 Å². The van der Waals surface area contributed by atoms with Crippen molar-refractivity contribution in [3.8, 4) is 0 Å². The second kappa shape index (κ2) is 5.30. The number of pyridine rings is 1. The minimum absolute atomic E-state index is 0.0581. The number of likely N-dealkylation sites (N-methyl/N-ethyl adjacent to an activating group) is 2. The van der Waals surface area contributed by atoms with Gasteiger partial charge in [-0.05, 0) is 26.2 Å². The van der Waals surface area contributed by atoms with Crippen LogP contribution in [-0.2, 0) is 6.54 Å². The van der Waals surface area contributed by atoms with Gasteiger partial charge in [0.15, 0.2) is 5.52 Å². The molecular formula is C14H19N5O. The summed E-state index contributed by atoms with van der Waals surface area (Å²) in [6, 6.07) is 3.94. The predicted molar refractivity (Wildman–Crippen MR) is 77.7 cm³/mol. The first kappa shape index (κ1) is 13.2. The van der Waals surface area contributed by atoms with Crippen LogP contribution in [0, 0.1) is 0 Å². The highest BCUT2D eigenvalue weighted by atomic mass is 16.1. The Hall–Kier alpha value is -1.79. The van der Waals surface area contributed by atoms with Gasteiger partial charge in [-0.15, -0.1) is 0 Å². The Bertz CT molecular complexity index is 668. The lowest BCUT2D eigenvalue weighted by Crippen LogP contribution is -2.52. The molecule has 0 bridgehead atoms. The summed E-state index contributed by atoms with van der Waals surface area (Å²) >= 11 is 0. The molecule has 1 aliphatic rings. The fourth-order valence-corrected chi connectivity index (χ4v) is 2.64. The molecule has 106 valence electrons. The number of fused-ring (bicyclic) bond motifs is 1. The number of rotatable bonds is 2. The zero-order valence-corrected chi connectivity index (χ0v) is 11.9. The third-order valence-electron chi connectivity index (χ3n) is 3.97. The average Bonchev–Trinajstić information content (AvgIpc) is 2.46. The van der Waals surface area contributed by atoms with Crippen molar-refractivity contribution in [2.45, 2.75) is 12.6 Å². The second-order valence-electron chi connectivity index (χ2n) is 5.47. The maximum Gasteiger partial charge on any atom is 0.279 e. The lowest BCUT2D eigenvalue weighted by molar-refractivity contribution is 0.102. The van der Waals surface area contributed by atoms with Crippen LogP contribution in [0.15, 0.2) is 29.5 Å². The Morgan fingerprint density at radius 3 is 3.00 bits per heavy atom. The van der Waals surface area contributed by atoms with E-state index in [-0.39, 0.29) is 5.56 Å². The van der Waals surface area contributed by atoms with Crippen LogP contribution in [0.4, 0.5) is 0 Å². The molecule has 20 heavy (non-hydrogen) atoms. The van der Waals surface area contributed by atoms with E-state index in [0.29, 0.717) is 23.6 Å². The van der Waals surface area contributed by atoms with E-state index in [1.54, 1.807) is 23.2 Å². The Labute approximate surface area is 117 Å². The van der Waals surface area contributed by atoms with Crippen LogP contribution in [0.25, 0.3) is 11.0 Å². The molecule has 2 aromatic heterocycles. The van der Waals surface area contributed by atoms with E-state index >= 15 is 0 Å². The zero-order valence-electron chi connectivity index (χ0n) is 11.9. The smallest absolute Gasteiger partial charge is 0.279 e. The summed E-state index contributed by atoms with van der Waals surface area (Å²) in [6.45, 7) is 3.71. The summed E-state index contributed by atoms with van der Waals surface area (Å²) in [5.41, 5.74) is 1.04. The van der Waals surface area contributed by atoms with Gasteiger partial charge in [-0.2, -0.15) is 0 Å². The second-order valence-corrected chi connectivity index (χ2v) is 5.47. The standard InChI is InChI=1S/C14H19N5O/c1-17-6-7-18(2)11(8-17)9-19-10-16-12-4-3-5-15-13(12)14(19)20/h3-5,10-11H,6-9H2,1-2H3/t11-/m1/s1. The number of hydrogen-bond donors (Lipinski definition) is 0. The zero-order chi connectivity index (χ0) is 14.1. The van der Waals surface area contributed by atoms with Crippen molar-refractivity contribution in [1.82, 2.24) is 24.3 Å². The van der Waals surface area contributed by atoms with Crippen LogP contribution in [0.1, 0.15) is 0 Å². The van der Waals surface area contributed by atoms with Crippen molar-refractivity contribution >= 4 is 11.0 Å². The Morgan fingerprint density at radius 2 is 2.15 bits per heavy atom. The molecule has 6 nitrogen and oxygen atoms in total. The number of piperazine rings is 1. The van der Waals surface area contributed by atoms with Gasteiger partial charge in [-0.25, -0.2) is 9.97 Å². The van der Waals surface area contributed by atoms with E-state index in [2.05, 4.69) is 33.9 Å². The Kier molecular flexibility index (Phi) is 3.50. The van der Waals surface area contributed by atoms with Gasteiger partial charge in [0.25, 0.3) is 5.56 Å². The molecule has 0 spiro atoms. The van der Waals surface area contributed by atoms with Gasteiger partial charge in [0.05, 0.1) is 11.8 Å². The first-order valence-electron chi connectivity index (χ1n) is 6.84. The fourth-order valence-electron chi connectivity index (χ4n) is 2.64. The quantitative estimate of drug-likeness (QED) is 0.773. The first-order valence-corrected chi connectivity index (χ1v) is 6.84. The van der Waals surface area contributed by atoms with Crippen LogP contribution in [0.3, 0.4) is 0 Å². The summed E-state index contributed by atoms with van der Waals surface area (Å²) in [6.07, 6.45) is 3.27. The first-order chi connectivity index (χ1) is 9.65. The number of hydrogen-bond acceptors (Lipinski definition) is 5. The van der Waals surface area contributed by atoms with E-state index in [9.17, 15) is 4.79 Å². The molecule has 0 amide bonds. The van der Waals surface area contributed by atoms with Gasteiger partial charge in [0.1, 0.15) is 0 Å². The van der Waals surface area contributed by atoms with Gasteiger partial charge < -0.3 is 4.90 Å². The molecule has 3 heterocycles. The van der Waals surface area contributed by atoms with Crippen molar-refractivity contribution in [2.24, 2.45) is 0 Å². The molecule has 1 saturated heterocycles. The largest absolute Gasteiger partial charge is 0.303 e. The summed E-state index contributed by atoms with van der Waals surface area (Å²) in [5.74, 6) is 0.